The van der Waals surface area contributed by atoms with Crippen LogP contribution in [0.1, 0.15) is 29.9 Å². The van der Waals surface area contributed by atoms with Gasteiger partial charge in [0, 0.05) is 0 Å². The monoisotopic (exact) mass is 288 g/mol. The summed E-state index contributed by atoms with van der Waals surface area (Å²) in [6.45, 7) is 4.77. The Morgan fingerprint density at radius 2 is 1.86 bits per heavy atom. The summed E-state index contributed by atoms with van der Waals surface area (Å²) in [6.07, 6.45) is 1.46. The second-order valence-corrected chi connectivity index (χ2v) is 5.27. The van der Waals surface area contributed by atoms with Gasteiger partial charge in [0.25, 0.3) is 5.91 Å². The summed E-state index contributed by atoms with van der Waals surface area (Å²) in [6, 6.07) is 7.55. The minimum Gasteiger partial charge on any atom is -0.480 e. The Morgan fingerprint density at radius 1 is 1.24 bits per heavy atom. The summed E-state index contributed by atoms with van der Waals surface area (Å²) in [5.74, 6) is -1.71. The van der Waals surface area contributed by atoms with E-state index in [0.717, 1.165) is 11.3 Å². The maximum absolute atomic E-state index is 12.0. The molecule has 1 heterocycles. The number of aryl methyl sites for hydroxylation is 1. The molecule has 21 heavy (non-hydrogen) atoms. The van der Waals surface area contributed by atoms with Crippen molar-refractivity contribution < 1.29 is 14.7 Å². The number of hydrogen-bond donors (Lipinski definition) is 2. The average Bonchev–Trinajstić information content (AvgIpc) is 2.88. The maximum atomic E-state index is 12.0. The van der Waals surface area contributed by atoms with Crippen molar-refractivity contribution in [1.29, 1.82) is 0 Å². The highest BCUT2D eigenvalue weighted by atomic mass is 16.4. The molecule has 0 saturated heterocycles. The van der Waals surface area contributed by atoms with E-state index in [4.69, 9.17) is 5.11 Å². The van der Waals surface area contributed by atoms with Crippen molar-refractivity contribution in [2.75, 3.05) is 0 Å². The van der Waals surface area contributed by atoms with Crippen LogP contribution >= 0.6 is 0 Å². The van der Waals surface area contributed by atoms with Gasteiger partial charge in [-0.3, -0.25) is 4.79 Å². The normalized spacial score (nSPS) is 11.2. The molecule has 1 amide bonds. The quantitative estimate of drug-likeness (QED) is 0.880. The van der Waals surface area contributed by atoms with E-state index >= 15 is 0 Å². The average molecular weight is 288 g/mol. The number of aromatic nitrogens is 3. The van der Waals surface area contributed by atoms with E-state index in [1.807, 2.05) is 31.2 Å². The molecule has 0 atom stereocenters. The highest BCUT2D eigenvalue weighted by molar-refractivity contribution is 5.95. The van der Waals surface area contributed by atoms with Gasteiger partial charge < -0.3 is 10.4 Å². The van der Waals surface area contributed by atoms with Gasteiger partial charge in [-0.15, -0.1) is 5.10 Å². The molecule has 7 nitrogen and oxygen atoms in total. The van der Waals surface area contributed by atoms with Crippen molar-refractivity contribution in [3.05, 3.63) is 41.7 Å². The maximum Gasteiger partial charge on any atom is 0.328 e. The van der Waals surface area contributed by atoms with E-state index in [0.29, 0.717) is 0 Å². The number of nitrogens with zero attached hydrogens (tertiary/aromatic N) is 3. The van der Waals surface area contributed by atoms with Crippen LogP contribution in [0.5, 0.6) is 0 Å². The summed E-state index contributed by atoms with van der Waals surface area (Å²) in [5.41, 5.74) is 0.569. The topological polar surface area (TPSA) is 97.1 Å². The number of nitrogens with one attached hydrogen (secondary N) is 1. The molecule has 0 aliphatic rings. The number of amides is 1. The third kappa shape index (κ3) is 3.25. The number of carbonyl (C=O) groups excluding carboxylic acids is 1. The summed E-state index contributed by atoms with van der Waals surface area (Å²) in [5, 5.41) is 19.0. The first-order chi connectivity index (χ1) is 9.79. The second-order valence-electron chi connectivity index (χ2n) is 5.27. The number of carboxylic acid groups (broad SMARTS) is 1. The second kappa shape index (κ2) is 5.35. The van der Waals surface area contributed by atoms with Gasteiger partial charge in [-0.25, -0.2) is 9.48 Å². The fourth-order valence-corrected chi connectivity index (χ4v) is 1.59. The van der Waals surface area contributed by atoms with Crippen molar-refractivity contribution in [3.8, 4) is 5.69 Å². The predicted molar refractivity (Wildman–Crippen MR) is 75.3 cm³/mol. The van der Waals surface area contributed by atoms with E-state index in [1.165, 1.54) is 24.7 Å². The van der Waals surface area contributed by atoms with Gasteiger partial charge in [0.2, 0.25) is 0 Å². The lowest BCUT2D eigenvalue weighted by atomic mass is 10.1. The van der Waals surface area contributed by atoms with Crippen LogP contribution in [-0.4, -0.2) is 37.5 Å². The molecule has 7 heteroatoms. The first kappa shape index (κ1) is 14.7. The number of rotatable bonds is 4. The number of hydrogen-bond acceptors (Lipinski definition) is 4. The van der Waals surface area contributed by atoms with Crippen LogP contribution in [0.15, 0.2) is 30.5 Å². The van der Waals surface area contributed by atoms with Crippen LogP contribution in [0.4, 0.5) is 0 Å². The highest BCUT2D eigenvalue weighted by Gasteiger charge is 2.30. The van der Waals surface area contributed by atoms with Gasteiger partial charge >= 0.3 is 5.97 Å². The first-order valence-corrected chi connectivity index (χ1v) is 6.35. The predicted octanol–water partition coefficient (Wildman–Crippen LogP) is 1.17. The summed E-state index contributed by atoms with van der Waals surface area (Å²) in [7, 11) is 0. The largest absolute Gasteiger partial charge is 0.480 e. The van der Waals surface area contributed by atoms with Crippen LogP contribution in [0.25, 0.3) is 5.69 Å². The number of carbonyl (C=O) groups is 2. The van der Waals surface area contributed by atoms with Crippen molar-refractivity contribution in [3.63, 3.8) is 0 Å². The third-order valence-electron chi connectivity index (χ3n) is 2.99. The molecular weight excluding hydrogens is 272 g/mol. The summed E-state index contributed by atoms with van der Waals surface area (Å²) < 4.78 is 1.46. The summed E-state index contributed by atoms with van der Waals surface area (Å²) >= 11 is 0. The molecule has 1 aromatic heterocycles. The van der Waals surface area contributed by atoms with Crippen LogP contribution in [-0.2, 0) is 4.79 Å². The Hall–Kier alpha value is -2.70. The fraction of sp³-hybridized carbons (Fsp3) is 0.286. The highest BCUT2D eigenvalue weighted by Crippen LogP contribution is 2.09. The molecular formula is C14H16N4O3. The van der Waals surface area contributed by atoms with E-state index < -0.39 is 17.4 Å². The van der Waals surface area contributed by atoms with E-state index in [-0.39, 0.29) is 5.69 Å². The molecule has 2 aromatic rings. The van der Waals surface area contributed by atoms with Crippen LogP contribution in [0.2, 0.25) is 0 Å². The zero-order valence-corrected chi connectivity index (χ0v) is 12.0. The van der Waals surface area contributed by atoms with E-state index in [9.17, 15) is 9.59 Å². The van der Waals surface area contributed by atoms with Gasteiger partial charge in [-0.1, -0.05) is 22.9 Å². The molecule has 0 radical (unpaired) electrons. The van der Waals surface area contributed by atoms with Gasteiger partial charge in [-0.2, -0.15) is 0 Å². The van der Waals surface area contributed by atoms with Crippen LogP contribution in [0, 0.1) is 6.92 Å². The lowest BCUT2D eigenvalue weighted by Crippen LogP contribution is -2.49. The lowest BCUT2D eigenvalue weighted by Gasteiger charge is -2.19. The van der Waals surface area contributed by atoms with Gasteiger partial charge in [0.15, 0.2) is 5.69 Å². The Balaban J connectivity index is 2.18. The SMILES string of the molecule is Cc1ccc(-n2cc(C(=O)NC(C)(C)C(=O)O)nn2)cc1. The lowest BCUT2D eigenvalue weighted by molar-refractivity contribution is -0.143. The number of benzene rings is 1. The first-order valence-electron chi connectivity index (χ1n) is 6.35. The smallest absolute Gasteiger partial charge is 0.328 e. The Labute approximate surface area is 121 Å². The van der Waals surface area contributed by atoms with E-state index in [1.54, 1.807) is 0 Å². The molecule has 0 bridgehead atoms. The van der Waals surface area contributed by atoms with Gasteiger partial charge in [-0.05, 0) is 32.9 Å². The Bertz CT molecular complexity index is 674. The van der Waals surface area contributed by atoms with Crippen molar-refractivity contribution in [2.45, 2.75) is 26.3 Å². The zero-order chi connectivity index (χ0) is 15.6. The number of aliphatic carboxylic acids is 1. The van der Waals surface area contributed by atoms with Crippen LogP contribution in [0.3, 0.4) is 0 Å². The molecule has 2 N–H and O–H groups in total. The minimum atomic E-state index is -1.37. The van der Waals surface area contributed by atoms with Crippen molar-refractivity contribution in [1.82, 2.24) is 20.3 Å². The van der Waals surface area contributed by atoms with Crippen molar-refractivity contribution in [2.24, 2.45) is 0 Å². The van der Waals surface area contributed by atoms with Gasteiger partial charge in [0.05, 0.1) is 11.9 Å². The Morgan fingerprint density at radius 3 is 2.43 bits per heavy atom. The molecule has 1 aromatic carbocycles. The third-order valence-corrected chi connectivity index (χ3v) is 2.99. The standard InChI is InChI=1S/C14H16N4O3/c1-9-4-6-10(7-5-9)18-8-11(16-17-18)12(19)15-14(2,3)13(20)21/h4-8H,1-3H3,(H,15,19)(H,20,21). The van der Waals surface area contributed by atoms with Crippen LogP contribution < -0.4 is 5.32 Å². The molecule has 0 aliphatic heterocycles. The molecule has 2 rings (SSSR count). The molecule has 0 saturated carbocycles. The van der Waals surface area contributed by atoms with E-state index in [2.05, 4.69) is 15.6 Å². The van der Waals surface area contributed by atoms with Crippen molar-refractivity contribution >= 4 is 11.9 Å². The zero-order valence-electron chi connectivity index (χ0n) is 12.0. The molecule has 0 spiro atoms. The molecule has 0 aliphatic carbocycles. The molecule has 110 valence electrons. The molecule has 0 unspecified atom stereocenters. The Kier molecular flexibility index (Phi) is 3.75. The minimum absolute atomic E-state index is 0.0601. The number of carboxylic acids is 1. The molecule has 0 fully saturated rings. The fourth-order valence-electron chi connectivity index (χ4n) is 1.59. The van der Waals surface area contributed by atoms with Gasteiger partial charge in [0.1, 0.15) is 5.54 Å². The summed E-state index contributed by atoms with van der Waals surface area (Å²) in [4.78, 5) is 23.0.